The fraction of sp³-hybridized carbons (Fsp3) is 0.538. The maximum absolute atomic E-state index is 5.74. The molecule has 90 valence electrons. The molecule has 0 aliphatic rings. The molecule has 0 unspecified atom stereocenters. The van der Waals surface area contributed by atoms with E-state index in [0.717, 1.165) is 24.3 Å². The molecule has 1 nitrogen and oxygen atoms in total. The van der Waals surface area contributed by atoms with Gasteiger partial charge in [-0.1, -0.05) is 38.3 Å². The zero-order chi connectivity index (χ0) is 11.8. The van der Waals surface area contributed by atoms with Crippen LogP contribution in [0.4, 0.5) is 0 Å². The third kappa shape index (κ3) is 5.09. The highest BCUT2D eigenvalue weighted by molar-refractivity contribution is 6.44. The first-order valence-electron chi connectivity index (χ1n) is 5.75. The van der Waals surface area contributed by atoms with Crippen molar-refractivity contribution in [2.24, 2.45) is 0 Å². The molecule has 0 N–H and O–H groups in total. The van der Waals surface area contributed by atoms with Gasteiger partial charge in [0.1, 0.15) is 10.6 Å². The minimum absolute atomic E-state index is 0.460. The van der Waals surface area contributed by atoms with Crippen LogP contribution in [0.1, 0.15) is 43.0 Å². The van der Waals surface area contributed by atoms with Crippen molar-refractivity contribution in [2.45, 2.75) is 37.4 Å². The van der Waals surface area contributed by atoms with Crippen molar-refractivity contribution >= 4 is 23.2 Å². The summed E-state index contributed by atoms with van der Waals surface area (Å²) in [6, 6.07) is 7.61. The number of ether oxygens (including phenoxy) is 1. The third-order valence-electron chi connectivity index (χ3n) is 2.40. The number of hydrogen-bond donors (Lipinski definition) is 0. The van der Waals surface area contributed by atoms with Crippen molar-refractivity contribution in [1.82, 2.24) is 0 Å². The molecule has 1 rings (SSSR count). The fourth-order valence-corrected chi connectivity index (χ4v) is 1.72. The quantitative estimate of drug-likeness (QED) is 0.488. The molecule has 0 bridgehead atoms. The number of unbranched alkanes of at least 4 members (excludes halogenated alkanes) is 3. The molecule has 0 heterocycles. The van der Waals surface area contributed by atoms with Crippen molar-refractivity contribution in [3.05, 3.63) is 29.8 Å². The molecule has 0 fully saturated rings. The van der Waals surface area contributed by atoms with Crippen molar-refractivity contribution in [2.75, 3.05) is 6.61 Å². The number of alkyl halides is 2. The molecule has 16 heavy (non-hydrogen) atoms. The second-order valence-electron chi connectivity index (χ2n) is 3.78. The van der Waals surface area contributed by atoms with E-state index in [1.807, 2.05) is 24.3 Å². The largest absolute Gasteiger partial charge is 0.494 e. The lowest BCUT2D eigenvalue weighted by atomic mass is 10.2. The molecule has 0 radical (unpaired) electrons. The van der Waals surface area contributed by atoms with E-state index in [0.29, 0.717) is 0 Å². The van der Waals surface area contributed by atoms with E-state index in [-0.39, 0.29) is 0 Å². The van der Waals surface area contributed by atoms with Crippen molar-refractivity contribution < 1.29 is 4.74 Å². The first-order chi connectivity index (χ1) is 7.74. The lowest BCUT2D eigenvalue weighted by molar-refractivity contribution is 0.305. The molecule has 0 amide bonds. The maximum Gasteiger partial charge on any atom is 0.132 e. The third-order valence-corrected chi connectivity index (χ3v) is 2.90. The Balaban J connectivity index is 2.27. The van der Waals surface area contributed by atoms with Gasteiger partial charge in [-0.15, -0.1) is 23.2 Å². The lowest BCUT2D eigenvalue weighted by Gasteiger charge is -2.07. The van der Waals surface area contributed by atoms with Gasteiger partial charge in [0, 0.05) is 0 Å². The van der Waals surface area contributed by atoms with Gasteiger partial charge in [-0.25, -0.2) is 0 Å². The second kappa shape index (κ2) is 7.81. The molecule has 0 aromatic heterocycles. The van der Waals surface area contributed by atoms with Crippen molar-refractivity contribution in [1.29, 1.82) is 0 Å². The van der Waals surface area contributed by atoms with Crippen LogP contribution in [0.2, 0.25) is 0 Å². The van der Waals surface area contributed by atoms with Gasteiger partial charge >= 0.3 is 0 Å². The summed E-state index contributed by atoms with van der Waals surface area (Å²) in [6.45, 7) is 2.98. The molecule has 3 heteroatoms. The van der Waals surface area contributed by atoms with Crippen molar-refractivity contribution in [3.63, 3.8) is 0 Å². The Morgan fingerprint density at radius 1 is 1.06 bits per heavy atom. The highest BCUT2D eigenvalue weighted by Crippen LogP contribution is 2.26. The molecule has 1 aromatic rings. The molecule has 1 aromatic carbocycles. The Bertz CT molecular complexity index is 282. The fourth-order valence-electron chi connectivity index (χ4n) is 1.43. The van der Waals surface area contributed by atoms with E-state index in [1.165, 1.54) is 19.3 Å². The molecule has 0 saturated heterocycles. The lowest BCUT2D eigenvalue weighted by Crippen LogP contribution is -1.97. The van der Waals surface area contributed by atoms with E-state index in [9.17, 15) is 0 Å². The minimum Gasteiger partial charge on any atom is -0.494 e. The predicted octanol–water partition coefficient (Wildman–Crippen LogP) is 5.12. The number of hydrogen-bond acceptors (Lipinski definition) is 1. The first-order valence-corrected chi connectivity index (χ1v) is 6.62. The maximum atomic E-state index is 5.74. The van der Waals surface area contributed by atoms with Gasteiger partial charge in [-0.2, -0.15) is 0 Å². The number of benzene rings is 1. The molecule has 0 saturated carbocycles. The Morgan fingerprint density at radius 3 is 2.31 bits per heavy atom. The second-order valence-corrected chi connectivity index (χ2v) is 4.88. The molecule has 0 aliphatic carbocycles. The van der Waals surface area contributed by atoms with Crippen LogP contribution in [-0.4, -0.2) is 6.61 Å². The van der Waals surface area contributed by atoms with Crippen LogP contribution in [0.25, 0.3) is 0 Å². The van der Waals surface area contributed by atoms with E-state index >= 15 is 0 Å². The van der Waals surface area contributed by atoms with Gasteiger partial charge in [0.2, 0.25) is 0 Å². The molecule has 0 spiro atoms. The topological polar surface area (TPSA) is 9.23 Å². The van der Waals surface area contributed by atoms with Gasteiger partial charge in [0.15, 0.2) is 0 Å². The van der Waals surface area contributed by atoms with E-state index < -0.39 is 4.84 Å². The Morgan fingerprint density at radius 2 is 1.75 bits per heavy atom. The number of halogens is 2. The average Bonchev–Trinajstić information content (AvgIpc) is 2.29. The van der Waals surface area contributed by atoms with Gasteiger partial charge in [0.25, 0.3) is 0 Å². The summed E-state index contributed by atoms with van der Waals surface area (Å²) in [7, 11) is 0. The van der Waals surface area contributed by atoms with E-state index in [4.69, 9.17) is 27.9 Å². The van der Waals surface area contributed by atoms with Crippen LogP contribution < -0.4 is 4.74 Å². The Kier molecular flexibility index (Phi) is 6.67. The average molecular weight is 261 g/mol. The van der Waals surface area contributed by atoms with Crippen LogP contribution in [0.5, 0.6) is 5.75 Å². The van der Waals surface area contributed by atoms with Gasteiger partial charge in [0.05, 0.1) is 6.61 Å². The Hall–Kier alpha value is -0.400. The highest BCUT2D eigenvalue weighted by Gasteiger charge is 2.02. The normalized spacial score (nSPS) is 10.8. The summed E-state index contributed by atoms with van der Waals surface area (Å²) in [5, 5.41) is 0. The summed E-state index contributed by atoms with van der Waals surface area (Å²) < 4.78 is 5.60. The van der Waals surface area contributed by atoms with Gasteiger partial charge < -0.3 is 4.74 Å². The molecular weight excluding hydrogens is 243 g/mol. The van der Waals surface area contributed by atoms with E-state index in [2.05, 4.69) is 6.92 Å². The number of rotatable bonds is 7. The predicted molar refractivity (Wildman–Crippen MR) is 70.5 cm³/mol. The van der Waals surface area contributed by atoms with Crippen LogP contribution in [0, 0.1) is 0 Å². The van der Waals surface area contributed by atoms with Gasteiger partial charge in [-0.05, 0) is 24.1 Å². The van der Waals surface area contributed by atoms with Crippen LogP contribution in [0.3, 0.4) is 0 Å². The van der Waals surface area contributed by atoms with Gasteiger partial charge in [-0.3, -0.25) is 0 Å². The zero-order valence-corrected chi connectivity index (χ0v) is 11.1. The molecular formula is C13H18Cl2O. The summed E-state index contributed by atoms with van der Waals surface area (Å²) in [5.74, 6) is 0.884. The summed E-state index contributed by atoms with van der Waals surface area (Å²) in [5.41, 5.74) is 0.904. The SMILES string of the molecule is CCCCCCOc1ccc(C(Cl)Cl)cc1. The summed E-state index contributed by atoms with van der Waals surface area (Å²) in [6.07, 6.45) is 4.88. The smallest absolute Gasteiger partial charge is 0.132 e. The van der Waals surface area contributed by atoms with Crippen molar-refractivity contribution in [3.8, 4) is 5.75 Å². The standard InChI is InChI=1S/C13H18Cl2O/c1-2-3-4-5-10-16-12-8-6-11(7-9-12)13(14)15/h6-9,13H,2-5,10H2,1H3. The monoisotopic (exact) mass is 260 g/mol. The minimum atomic E-state index is -0.460. The van der Waals surface area contributed by atoms with Crippen LogP contribution in [0.15, 0.2) is 24.3 Å². The summed E-state index contributed by atoms with van der Waals surface area (Å²) in [4.78, 5) is -0.460. The van der Waals surface area contributed by atoms with Crippen LogP contribution in [-0.2, 0) is 0 Å². The Labute approximate surface area is 108 Å². The molecule has 0 aliphatic heterocycles. The van der Waals surface area contributed by atoms with Crippen LogP contribution >= 0.6 is 23.2 Å². The van der Waals surface area contributed by atoms with E-state index in [1.54, 1.807) is 0 Å². The summed E-state index contributed by atoms with van der Waals surface area (Å²) >= 11 is 11.5. The highest BCUT2D eigenvalue weighted by atomic mass is 35.5. The first kappa shape index (κ1) is 13.7. The zero-order valence-electron chi connectivity index (χ0n) is 9.59. The molecule has 0 atom stereocenters.